The maximum absolute atomic E-state index is 6.25. The summed E-state index contributed by atoms with van der Waals surface area (Å²) in [5, 5.41) is 11.5. The Bertz CT molecular complexity index is 499. The van der Waals surface area contributed by atoms with E-state index in [2.05, 4.69) is 40.4 Å². The third kappa shape index (κ3) is 3.48. The molecule has 0 fully saturated rings. The van der Waals surface area contributed by atoms with Crippen molar-refractivity contribution in [3.63, 3.8) is 0 Å². The number of nitrogens with one attached hydrogen (secondary N) is 2. The molecular formula is C12H15ClN4S. The Kier molecular flexibility index (Phi) is 4.63. The minimum absolute atomic E-state index is 0.437. The summed E-state index contributed by atoms with van der Waals surface area (Å²) in [5.41, 5.74) is 1.16. The van der Waals surface area contributed by atoms with Crippen molar-refractivity contribution in [2.45, 2.75) is 36.5 Å². The van der Waals surface area contributed by atoms with Crippen molar-refractivity contribution in [2.75, 3.05) is 0 Å². The number of benzene rings is 1. The Morgan fingerprint density at radius 3 is 2.94 bits per heavy atom. The second-order valence-corrected chi connectivity index (χ2v) is 5.56. The lowest BCUT2D eigenvalue weighted by Gasteiger charge is -2.12. The number of aromatic nitrogens is 3. The van der Waals surface area contributed by atoms with E-state index in [9.17, 15) is 0 Å². The van der Waals surface area contributed by atoms with Crippen LogP contribution in [-0.2, 0) is 6.54 Å². The number of hydrogen-bond donors (Lipinski definition) is 2. The lowest BCUT2D eigenvalue weighted by atomic mass is 10.2. The normalized spacial score (nSPS) is 11.1. The maximum atomic E-state index is 6.25. The first-order chi connectivity index (χ1) is 8.66. The molecule has 0 aliphatic carbocycles. The first-order valence-electron chi connectivity index (χ1n) is 5.71. The third-order valence-corrected chi connectivity index (χ3v) is 3.84. The van der Waals surface area contributed by atoms with Crippen LogP contribution in [0.5, 0.6) is 0 Å². The first-order valence-corrected chi connectivity index (χ1v) is 6.90. The zero-order chi connectivity index (χ0) is 13.0. The molecule has 0 aliphatic heterocycles. The average molecular weight is 283 g/mol. The van der Waals surface area contributed by atoms with Gasteiger partial charge in [-0.3, -0.25) is 5.10 Å². The Morgan fingerprint density at radius 1 is 1.44 bits per heavy atom. The van der Waals surface area contributed by atoms with Crippen molar-refractivity contribution < 1.29 is 0 Å². The summed E-state index contributed by atoms with van der Waals surface area (Å²) in [5.74, 6) is 0. The molecule has 0 spiro atoms. The van der Waals surface area contributed by atoms with Gasteiger partial charge < -0.3 is 5.32 Å². The van der Waals surface area contributed by atoms with E-state index in [1.165, 1.54) is 18.1 Å². The van der Waals surface area contributed by atoms with Crippen LogP contribution in [0, 0.1) is 0 Å². The highest BCUT2D eigenvalue weighted by Crippen LogP contribution is 2.34. The van der Waals surface area contributed by atoms with E-state index in [0.29, 0.717) is 6.04 Å². The number of aromatic amines is 1. The fraction of sp³-hybridized carbons (Fsp3) is 0.333. The summed E-state index contributed by atoms with van der Waals surface area (Å²) in [7, 11) is 0. The van der Waals surface area contributed by atoms with Gasteiger partial charge in [0.2, 0.25) is 0 Å². The Balaban J connectivity index is 2.21. The molecular weight excluding hydrogens is 268 g/mol. The van der Waals surface area contributed by atoms with Crippen molar-refractivity contribution in [3.8, 4) is 0 Å². The quantitative estimate of drug-likeness (QED) is 0.885. The largest absolute Gasteiger partial charge is 0.310 e. The van der Waals surface area contributed by atoms with Crippen molar-refractivity contribution in [2.24, 2.45) is 0 Å². The van der Waals surface area contributed by atoms with Gasteiger partial charge in [-0.2, -0.15) is 5.10 Å². The highest BCUT2D eigenvalue weighted by Gasteiger charge is 2.10. The summed E-state index contributed by atoms with van der Waals surface area (Å²) < 4.78 is 0. The van der Waals surface area contributed by atoms with Crippen LogP contribution < -0.4 is 5.32 Å². The van der Waals surface area contributed by atoms with Crippen LogP contribution in [0.1, 0.15) is 19.4 Å². The van der Waals surface area contributed by atoms with Crippen LogP contribution in [0.25, 0.3) is 0 Å². The number of hydrogen-bond acceptors (Lipinski definition) is 4. The molecule has 0 aliphatic rings. The molecule has 0 bridgehead atoms. The van der Waals surface area contributed by atoms with Crippen LogP contribution in [-0.4, -0.2) is 21.2 Å². The molecule has 0 radical (unpaired) electrons. The third-order valence-electron chi connectivity index (χ3n) is 2.34. The topological polar surface area (TPSA) is 53.6 Å². The van der Waals surface area contributed by atoms with Gasteiger partial charge in [0.25, 0.3) is 0 Å². The van der Waals surface area contributed by atoms with Crippen LogP contribution in [0.15, 0.2) is 34.6 Å². The fourth-order valence-corrected chi connectivity index (χ4v) is 2.60. The Hall–Kier alpha value is -1.04. The van der Waals surface area contributed by atoms with Gasteiger partial charge in [0.15, 0.2) is 5.16 Å². The molecule has 18 heavy (non-hydrogen) atoms. The minimum atomic E-state index is 0.437. The number of nitrogens with zero attached hydrogens (tertiary/aromatic N) is 2. The summed E-state index contributed by atoms with van der Waals surface area (Å²) in [6.07, 6.45) is 1.49. The molecule has 2 N–H and O–H groups in total. The molecule has 1 heterocycles. The van der Waals surface area contributed by atoms with E-state index >= 15 is 0 Å². The second kappa shape index (κ2) is 6.22. The second-order valence-electron chi connectivity index (χ2n) is 4.16. The maximum Gasteiger partial charge on any atom is 0.188 e. The lowest BCUT2D eigenvalue weighted by molar-refractivity contribution is 0.585. The summed E-state index contributed by atoms with van der Waals surface area (Å²) in [4.78, 5) is 5.12. The number of halogens is 1. The zero-order valence-corrected chi connectivity index (χ0v) is 11.8. The van der Waals surface area contributed by atoms with Crippen LogP contribution in [0.3, 0.4) is 0 Å². The summed E-state index contributed by atoms with van der Waals surface area (Å²) in [6.45, 7) is 5.02. The van der Waals surface area contributed by atoms with E-state index in [4.69, 9.17) is 11.6 Å². The lowest BCUT2D eigenvalue weighted by Crippen LogP contribution is -2.22. The van der Waals surface area contributed by atoms with E-state index in [1.54, 1.807) is 0 Å². The molecule has 2 aromatic rings. The van der Waals surface area contributed by atoms with E-state index < -0.39 is 0 Å². The SMILES string of the molecule is CC(C)NCc1cccc(Cl)c1Sc1ncn[nH]1. The van der Waals surface area contributed by atoms with Crippen molar-refractivity contribution in [1.82, 2.24) is 20.5 Å². The molecule has 0 saturated carbocycles. The van der Waals surface area contributed by atoms with Gasteiger partial charge in [-0.15, -0.1) is 0 Å². The van der Waals surface area contributed by atoms with Gasteiger partial charge in [0.05, 0.1) is 5.02 Å². The number of H-pyrrole nitrogens is 1. The first kappa shape index (κ1) is 13.4. The van der Waals surface area contributed by atoms with Crippen LogP contribution >= 0.6 is 23.4 Å². The van der Waals surface area contributed by atoms with E-state index in [0.717, 1.165) is 27.2 Å². The van der Waals surface area contributed by atoms with Gasteiger partial charge in [0, 0.05) is 17.5 Å². The molecule has 0 atom stereocenters. The van der Waals surface area contributed by atoms with Crippen LogP contribution in [0.4, 0.5) is 0 Å². The van der Waals surface area contributed by atoms with Crippen LogP contribution in [0.2, 0.25) is 5.02 Å². The fourth-order valence-electron chi connectivity index (χ4n) is 1.46. The van der Waals surface area contributed by atoms with Gasteiger partial charge in [-0.05, 0) is 23.4 Å². The summed E-state index contributed by atoms with van der Waals surface area (Å²) in [6, 6.07) is 6.36. The predicted molar refractivity (Wildman–Crippen MR) is 73.9 cm³/mol. The molecule has 1 aromatic heterocycles. The number of rotatable bonds is 5. The van der Waals surface area contributed by atoms with Crippen molar-refractivity contribution in [1.29, 1.82) is 0 Å². The minimum Gasteiger partial charge on any atom is -0.310 e. The standard InChI is InChI=1S/C12H15ClN4S/c1-8(2)14-6-9-4-3-5-10(13)11(9)18-12-15-7-16-17-12/h3-5,7-8,14H,6H2,1-2H3,(H,15,16,17). The van der Waals surface area contributed by atoms with Crippen molar-refractivity contribution >= 4 is 23.4 Å². The highest BCUT2D eigenvalue weighted by atomic mass is 35.5. The van der Waals surface area contributed by atoms with Gasteiger partial charge in [-0.1, -0.05) is 37.6 Å². The van der Waals surface area contributed by atoms with Gasteiger partial charge in [-0.25, -0.2) is 4.98 Å². The Morgan fingerprint density at radius 2 is 2.28 bits per heavy atom. The average Bonchev–Trinajstić information content (AvgIpc) is 2.82. The zero-order valence-electron chi connectivity index (χ0n) is 10.3. The molecule has 96 valence electrons. The molecule has 2 rings (SSSR count). The highest BCUT2D eigenvalue weighted by molar-refractivity contribution is 7.99. The molecule has 4 nitrogen and oxygen atoms in total. The Labute approximate surface area is 116 Å². The molecule has 0 unspecified atom stereocenters. The smallest absolute Gasteiger partial charge is 0.188 e. The molecule has 0 amide bonds. The molecule has 1 aromatic carbocycles. The van der Waals surface area contributed by atoms with E-state index in [1.807, 2.05) is 12.1 Å². The predicted octanol–water partition coefficient (Wildman–Crippen LogP) is 3.11. The summed E-state index contributed by atoms with van der Waals surface area (Å²) >= 11 is 7.75. The van der Waals surface area contributed by atoms with Crippen molar-refractivity contribution in [3.05, 3.63) is 35.1 Å². The molecule has 0 saturated heterocycles. The monoisotopic (exact) mass is 282 g/mol. The van der Waals surface area contributed by atoms with E-state index in [-0.39, 0.29) is 0 Å². The van der Waals surface area contributed by atoms with Gasteiger partial charge in [0.1, 0.15) is 6.33 Å². The molecule has 6 heteroatoms. The van der Waals surface area contributed by atoms with Gasteiger partial charge >= 0.3 is 0 Å².